The lowest BCUT2D eigenvalue weighted by Crippen LogP contribution is -2.43. The standard InChI is InChI=1S/C12H23NO3/c1-4-15-12(14)8-9(2)13-10(3)11-6-5-7-16-11/h9-11,13H,4-8H2,1-3H3. The van der Waals surface area contributed by atoms with Crippen LogP contribution in [0.3, 0.4) is 0 Å². The molecule has 1 rings (SSSR count). The highest BCUT2D eigenvalue weighted by atomic mass is 16.5. The third-order valence-electron chi connectivity index (χ3n) is 2.85. The second-order valence-corrected chi connectivity index (χ2v) is 4.42. The van der Waals surface area contributed by atoms with E-state index in [2.05, 4.69) is 12.2 Å². The summed E-state index contributed by atoms with van der Waals surface area (Å²) in [4.78, 5) is 11.3. The minimum absolute atomic E-state index is 0.137. The third-order valence-corrected chi connectivity index (χ3v) is 2.85. The summed E-state index contributed by atoms with van der Waals surface area (Å²) < 4.78 is 10.5. The van der Waals surface area contributed by atoms with Crippen molar-refractivity contribution in [2.45, 2.75) is 58.2 Å². The molecular formula is C12H23NO3. The van der Waals surface area contributed by atoms with E-state index in [4.69, 9.17) is 9.47 Å². The lowest BCUT2D eigenvalue weighted by Gasteiger charge is -2.23. The number of carbonyl (C=O) groups excluding carboxylic acids is 1. The van der Waals surface area contributed by atoms with E-state index in [-0.39, 0.29) is 12.0 Å². The summed E-state index contributed by atoms with van der Waals surface area (Å²) in [5.41, 5.74) is 0. The van der Waals surface area contributed by atoms with Gasteiger partial charge in [0.15, 0.2) is 0 Å². The van der Waals surface area contributed by atoms with Crippen LogP contribution >= 0.6 is 0 Å². The largest absolute Gasteiger partial charge is 0.466 e. The lowest BCUT2D eigenvalue weighted by molar-refractivity contribution is -0.143. The Morgan fingerprint density at radius 1 is 1.56 bits per heavy atom. The van der Waals surface area contributed by atoms with Crippen LogP contribution in [0.25, 0.3) is 0 Å². The number of carbonyl (C=O) groups is 1. The van der Waals surface area contributed by atoms with Crippen molar-refractivity contribution >= 4 is 5.97 Å². The van der Waals surface area contributed by atoms with Gasteiger partial charge in [-0.2, -0.15) is 0 Å². The van der Waals surface area contributed by atoms with Gasteiger partial charge in [0.25, 0.3) is 0 Å². The van der Waals surface area contributed by atoms with Crippen LogP contribution in [0.4, 0.5) is 0 Å². The van der Waals surface area contributed by atoms with Crippen LogP contribution in [0.15, 0.2) is 0 Å². The van der Waals surface area contributed by atoms with Gasteiger partial charge in [-0.05, 0) is 33.6 Å². The summed E-state index contributed by atoms with van der Waals surface area (Å²) in [5.74, 6) is -0.137. The van der Waals surface area contributed by atoms with Gasteiger partial charge in [-0.15, -0.1) is 0 Å². The summed E-state index contributed by atoms with van der Waals surface area (Å²) in [6.45, 7) is 7.25. The maximum absolute atomic E-state index is 11.3. The summed E-state index contributed by atoms with van der Waals surface area (Å²) in [6, 6.07) is 0.435. The monoisotopic (exact) mass is 229 g/mol. The van der Waals surface area contributed by atoms with Gasteiger partial charge < -0.3 is 14.8 Å². The summed E-state index contributed by atoms with van der Waals surface area (Å²) in [5, 5.41) is 3.39. The van der Waals surface area contributed by atoms with E-state index in [1.807, 2.05) is 13.8 Å². The molecular weight excluding hydrogens is 206 g/mol. The van der Waals surface area contributed by atoms with Crippen LogP contribution in [0.1, 0.15) is 40.0 Å². The highest BCUT2D eigenvalue weighted by Crippen LogP contribution is 2.16. The van der Waals surface area contributed by atoms with Crippen molar-refractivity contribution < 1.29 is 14.3 Å². The highest BCUT2D eigenvalue weighted by molar-refractivity contribution is 5.70. The molecule has 0 aliphatic carbocycles. The average Bonchev–Trinajstić information content (AvgIpc) is 2.69. The minimum Gasteiger partial charge on any atom is -0.466 e. The molecule has 0 amide bonds. The van der Waals surface area contributed by atoms with Crippen molar-refractivity contribution in [2.75, 3.05) is 13.2 Å². The van der Waals surface area contributed by atoms with Crippen LogP contribution in [0, 0.1) is 0 Å². The predicted molar refractivity (Wildman–Crippen MR) is 62.3 cm³/mol. The van der Waals surface area contributed by atoms with E-state index >= 15 is 0 Å². The van der Waals surface area contributed by atoms with Crippen molar-refractivity contribution in [3.05, 3.63) is 0 Å². The Bertz CT molecular complexity index is 214. The fourth-order valence-electron chi connectivity index (χ4n) is 2.08. The fraction of sp³-hybridized carbons (Fsp3) is 0.917. The van der Waals surface area contributed by atoms with Crippen molar-refractivity contribution in [3.63, 3.8) is 0 Å². The Morgan fingerprint density at radius 3 is 2.88 bits per heavy atom. The van der Waals surface area contributed by atoms with Crippen molar-refractivity contribution in [3.8, 4) is 0 Å². The maximum Gasteiger partial charge on any atom is 0.307 e. The molecule has 0 aromatic carbocycles. The number of rotatable bonds is 6. The molecule has 16 heavy (non-hydrogen) atoms. The smallest absolute Gasteiger partial charge is 0.307 e. The number of hydrogen-bond acceptors (Lipinski definition) is 4. The molecule has 4 heteroatoms. The zero-order chi connectivity index (χ0) is 12.0. The first-order chi connectivity index (χ1) is 7.63. The Kier molecular flexibility index (Phi) is 5.77. The quantitative estimate of drug-likeness (QED) is 0.701. The number of nitrogens with one attached hydrogen (secondary N) is 1. The molecule has 94 valence electrons. The fourth-order valence-corrected chi connectivity index (χ4v) is 2.08. The van der Waals surface area contributed by atoms with Crippen molar-refractivity contribution in [1.82, 2.24) is 5.32 Å². The number of ether oxygens (including phenoxy) is 2. The molecule has 0 spiro atoms. The summed E-state index contributed by atoms with van der Waals surface area (Å²) in [7, 11) is 0. The molecule has 0 aromatic heterocycles. The normalized spacial score (nSPS) is 24.1. The molecule has 0 aromatic rings. The molecule has 0 saturated carbocycles. The zero-order valence-corrected chi connectivity index (χ0v) is 10.5. The lowest BCUT2D eigenvalue weighted by atomic mass is 10.1. The average molecular weight is 229 g/mol. The van der Waals surface area contributed by atoms with Crippen LogP contribution in [-0.4, -0.2) is 37.4 Å². The van der Waals surface area contributed by atoms with Gasteiger partial charge in [0.2, 0.25) is 0 Å². The van der Waals surface area contributed by atoms with Crippen molar-refractivity contribution in [1.29, 1.82) is 0 Å². The van der Waals surface area contributed by atoms with Crippen LogP contribution in [-0.2, 0) is 14.3 Å². The summed E-state index contributed by atoms with van der Waals surface area (Å²) in [6.07, 6.45) is 2.97. The van der Waals surface area contributed by atoms with Gasteiger partial charge >= 0.3 is 5.97 Å². The molecule has 0 radical (unpaired) electrons. The van der Waals surface area contributed by atoms with E-state index in [1.54, 1.807) is 0 Å². The molecule has 1 saturated heterocycles. The molecule has 1 fully saturated rings. The topological polar surface area (TPSA) is 47.6 Å². The third kappa shape index (κ3) is 4.49. The van der Waals surface area contributed by atoms with E-state index in [0.717, 1.165) is 19.4 Å². The first-order valence-electron chi connectivity index (χ1n) is 6.16. The molecule has 3 atom stereocenters. The van der Waals surface area contributed by atoms with E-state index in [0.29, 0.717) is 25.2 Å². The molecule has 1 aliphatic rings. The molecule has 1 N–H and O–H groups in total. The SMILES string of the molecule is CCOC(=O)CC(C)NC(C)C1CCCO1. The molecule has 1 heterocycles. The van der Waals surface area contributed by atoms with Gasteiger partial charge in [0.05, 0.1) is 19.1 Å². The van der Waals surface area contributed by atoms with Gasteiger partial charge in [0, 0.05) is 18.7 Å². The van der Waals surface area contributed by atoms with E-state index in [1.165, 1.54) is 0 Å². The highest BCUT2D eigenvalue weighted by Gasteiger charge is 2.23. The zero-order valence-electron chi connectivity index (χ0n) is 10.5. The minimum atomic E-state index is -0.137. The van der Waals surface area contributed by atoms with Gasteiger partial charge in [-0.25, -0.2) is 0 Å². The maximum atomic E-state index is 11.3. The van der Waals surface area contributed by atoms with Crippen LogP contribution in [0.5, 0.6) is 0 Å². The van der Waals surface area contributed by atoms with E-state index in [9.17, 15) is 4.79 Å². The van der Waals surface area contributed by atoms with Crippen LogP contribution < -0.4 is 5.32 Å². The Hall–Kier alpha value is -0.610. The van der Waals surface area contributed by atoms with E-state index < -0.39 is 0 Å². The first-order valence-corrected chi connectivity index (χ1v) is 6.16. The second-order valence-electron chi connectivity index (χ2n) is 4.42. The molecule has 3 unspecified atom stereocenters. The van der Waals surface area contributed by atoms with Crippen molar-refractivity contribution in [2.24, 2.45) is 0 Å². The first kappa shape index (κ1) is 13.5. The Balaban J connectivity index is 2.21. The summed E-state index contributed by atoms with van der Waals surface area (Å²) >= 11 is 0. The number of hydrogen-bond donors (Lipinski definition) is 1. The second kappa shape index (κ2) is 6.86. The predicted octanol–water partition coefficient (Wildman–Crippen LogP) is 1.49. The van der Waals surface area contributed by atoms with Gasteiger partial charge in [0.1, 0.15) is 0 Å². The Labute approximate surface area is 97.7 Å². The van der Waals surface area contributed by atoms with Gasteiger partial charge in [-0.1, -0.05) is 0 Å². The number of esters is 1. The molecule has 4 nitrogen and oxygen atoms in total. The van der Waals surface area contributed by atoms with Crippen LogP contribution in [0.2, 0.25) is 0 Å². The molecule has 1 aliphatic heterocycles. The van der Waals surface area contributed by atoms with Gasteiger partial charge in [-0.3, -0.25) is 4.79 Å². The Morgan fingerprint density at radius 2 is 2.31 bits per heavy atom. The molecule has 0 bridgehead atoms.